The van der Waals surface area contributed by atoms with Gasteiger partial charge in [-0.25, -0.2) is 0 Å². The number of rotatable bonds is 4. The molecule has 5 heteroatoms. The topological polar surface area (TPSA) is 61.4 Å². The average Bonchev–Trinajstić information content (AvgIpc) is 2.29. The summed E-state index contributed by atoms with van der Waals surface area (Å²) in [6, 6.07) is -0.0989. The highest BCUT2D eigenvalue weighted by Crippen LogP contribution is 2.15. The molecule has 5 nitrogen and oxygen atoms in total. The summed E-state index contributed by atoms with van der Waals surface area (Å²) in [7, 11) is 3.43. The fourth-order valence-corrected chi connectivity index (χ4v) is 2.03. The van der Waals surface area contributed by atoms with Crippen molar-refractivity contribution in [3.05, 3.63) is 0 Å². The van der Waals surface area contributed by atoms with Gasteiger partial charge < -0.3 is 15.5 Å². The second-order valence-corrected chi connectivity index (χ2v) is 4.88. The molecule has 0 aromatic heterocycles. The molecule has 98 valence electrons. The molecule has 0 aliphatic carbocycles. The van der Waals surface area contributed by atoms with Crippen LogP contribution in [0.2, 0.25) is 0 Å². The largest absolute Gasteiger partial charge is 0.354 e. The van der Waals surface area contributed by atoms with E-state index < -0.39 is 0 Å². The van der Waals surface area contributed by atoms with Crippen LogP contribution in [0.15, 0.2) is 0 Å². The van der Waals surface area contributed by atoms with Crippen molar-refractivity contribution in [2.45, 2.75) is 32.2 Å². The average molecular weight is 241 g/mol. The molecule has 1 fully saturated rings. The third-order valence-corrected chi connectivity index (χ3v) is 3.19. The zero-order chi connectivity index (χ0) is 12.8. The van der Waals surface area contributed by atoms with Gasteiger partial charge in [-0.1, -0.05) is 6.92 Å². The fourth-order valence-electron chi connectivity index (χ4n) is 2.03. The molecular weight excluding hydrogens is 218 g/mol. The minimum atomic E-state index is -0.0989. The summed E-state index contributed by atoms with van der Waals surface area (Å²) >= 11 is 0. The van der Waals surface area contributed by atoms with E-state index >= 15 is 0 Å². The normalized spacial score (nSPS) is 24.2. The Morgan fingerprint density at radius 2 is 2.12 bits per heavy atom. The second kappa shape index (κ2) is 6.59. The Kier molecular flexibility index (Phi) is 5.41. The predicted molar refractivity (Wildman–Crippen MR) is 66.5 cm³/mol. The molecule has 0 spiro atoms. The standard InChI is InChI=1S/C12H23N3O2/c1-9-5-4-7-13-11(9)12(17)14-8-6-10(16)15(2)3/h9,11,13H,4-8H2,1-3H3,(H,14,17). The van der Waals surface area contributed by atoms with Crippen molar-refractivity contribution in [3.63, 3.8) is 0 Å². The first-order valence-electron chi connectivity index (χ1n) is 6.23. The molecule has 2 unspecified atom stereocenters. The van der Waals surface area contributed by atoms with Gasteiger partial charge in [0, 0.05) is 27.1 Å². The van der Waals surface area contributed by atoms with Crippen molar-refractivity contribution in [1.82, 2.24) is 15.5 Å². The number of nitrogens with one attached hydrogen (secondary N) is 2. The summed E-state index contributed by atoms with van der Waals surface area (Å²) in [6.07, 6.45) is 2.58. The van der Waals surface area contributed by atoms with Crippen molar-refractivity contribution < 1.29 is 9.59 Å². The molecule has 0 aromatic rings. The molecular formula is C12H23N3O2. The third-order valence-electron chi connectivity index (χ3n) is 3.19. The first-order chi connectivity index (χ1) is 8.02. The molecule has 2 N–H and O–H groups in total. The van der Waals surface area contributed by atoms with Crippen LogP contribution in [0.5, 0.6) is 0 Å². The van der Waals surface area contributed by atoms with E-state index in [1.807, 2.05) is 0 Å². The summed E-state index contributed by atoms with van der Waals surface area (Å²) in [5.74, 6) is 0.423. The first-order valence-corrected chi connectivity index (χ1v) is 6.23. The van der Waals surface area contributed by atoms with Gasteiger partial charge in [-0.15, -0.1) is 0 Å². The Labute approximate surface area is 103 Å². The Morgan fingerprint density at radius 3 is 2.71 bits per heavy atom. The molecule has 1 rings (SSSR count). The molecule has 0 bridgehead atoms. The van der Waals surface area contributed by atoms with Crippen molar-refractivity contribution in [1.29, 1.82) is 0 Å². The number of carbonyl (C=O) groups is 2. The van der Waals surface area contributed by atoms with Crippen molar-refractivity contribution >= 4 is 11.8 Å². The van der Waals surface area contributed by atoms with E-state index in [0.717, 1.165) is 19.4 Å². The highest BCUT2D eigenvalue weighted by Gasteiger charge is 2.26. The van der Waals surface area contributed by atoms with Gasteiger partial charge in [-0.05, 0) is 25.3 Å². The van der Waals surface area contributed by atoms with Gasteiger partial charge in [-0.3, -0.25) is 9.59 Å². The van der Waals surface area contributed by atoms with Crippen LogP contribution in [-0.2, 0) is 9.59 Å². The maximum Gasteiger partial charge on any atom is 0.237 e. The van der Waals surface area contributed by atoms with Crippen molar-refractivity contribution in [2.24, 2.45) is 5.92 Å². The van der Waals surface area contributed by atoms with Gasteiger partial charge in [0.15, 0.2) is 0 Å². The van der Waals surface area contributed by atoms with Crippen LogP contribution in [0.1, 0.15) is 26.2 Å². The highest BCUT2D eigenvalue weighted by molar-refractivity contribution is 5.83. The number of piperidine rings is 1. The lowest BCUT2D eigenvalue weighted by Gasteiger charge is -2.28. The monoisotopic (exact) mass is 241 g/mol. The molecule has 2 amide bonds. The van der Waals surface area contributed by atoms with E-state index in [2.05, 4.69) is 17.6 Å². The lowest BCUT2D eigenvalue weighted by molar-refractivity contribution is -0.129. The van der Waals surface area contributed by atoms with Gasteiger partial charge in [0.05, 0.1) is 6.04 Å². The number of carbonyl (C=O) groups excluding carboxylic acids is 2. The molecule has 1 aliphatic rings. The van der Waals surface area contributed by atoms with E-state index in [9.17, 15) is 9.59 Å². The van der Waals surface area contributed by atoms with Crippen LogP contribution in [0.25, 0.3) is 0 Å². The van der Waals surface area contributed by atoms with E-state index in [1.165, 1.54) is 4.90 Å². The fraction of sp³-hybridized carbons (Fsp3) is 0.833. The summed E-state index contributed by atoms with van der Waals surface area (Å²) in [5, 5.41) is 6.04. The van der Waals surface area contributed by atoms with Crippen LogP contribution in [0.4, 0.5) is 0 Å². The van der Waals surface area contributed by atoms with Gasteiger partial charge >= 0.3 is 0 Å². The van der Waals surface area contributed by atoms with Gasteiger partial charge in [0.25, 0.3) is 0 Å². The van der Waals surface area contributed by atoms with Gasteiger partial charge in [0.1, 0.15) is 0 Å². The molecule has 0 radical (unpaired) electrons. The van der Waals surface area contributed by atoms with Crippen molar-refractivity contribution in [2.75, 3.05) is 27.2 Å². The smallest absolute Gasteiger partial charge is 0.237 e. The van der Waals surface area contributed by atoms with Gasteiger partial charge in [-0.2, -0.15) is 0 Å². The van der Waals surface area contributed by atoms with Gasteiger partial charge in [0.2, 0.25) is 11.8 Å². The Hall–Kier alpha value is -1.10. The van der Waals surface area contributed by atoms with E-state index in [0.29, 0.717) is 18.9 Å². The minimum Gasteiger partial charge on any atom is -0.354 e. The lowest BCUT2D eigenvalue weighted by Crippen LogP contribution is -2.51. The van der Waals surface area contributed by atoms with Crippen molar-refractivity contribution in [3.8, 4) is 0 Å². The molecule has 0 saturated carbocycles. The number of hydrogen-bond donors (Lipinski definition) is 2. The number of amides is 2. The second-order valence-electron chi connectivity index (χ2n) is 4.88. The zero-order valence-electron chi connectivity index (χ0n) is 11.0. The van der Waals surface area contributed by atoms with E-state index in [-0.39, 0.29) is 17.9 Å². The molecule has 1 aliphatic heterocycles. The molecule has 0 aromatic carbocycles. The number of nitrogens with zero attached hydrogens (tertiary/aromatic N) is 1. The Balaban J connectivity index is 2.27. The zero-order valence-corrected chi connectivity index (χ0v) is 11.0. The lowest BCUT2D eigenvalue weighted by atomic mass is 9.92. The van der Waals surface area contributed by atoms with E-state index in [1.54, 1.807) is 14.1 Å². The summed E-state index contributed by atoms with van der Waals surface area (Å²) < 4.78 is 0. The molecule has 17 heavy (non-hydrogen) atoms. The Morgan fingerprint density at radius 1 is 1.41 bits per heavy atom. The molecule has 2 atom stereocenters. The van der Waals surface area contributed by atoms with Crippen LogP contribution in [0.3, 0.4) is 0 Å². The predicted octanol–water partition coefficient (Wildman–Crippen LogP) is -0.0310. The van der Waals surface area contributed by atoms with Crippen LogP contribution < -0.4 is 10.6 Å². The number of hydrogen-bond acceptors (Lipinski definition) is 3. The SMILES string of the molecule is CC1CCCNC1C(=O)NCCC(=O)N(C)C. The maximum atomic E-state index is 11.9. The summed E-state index contributed by atoms with van der Waals surface area (Å²) in [5.41, 5.74) is 0. The Bertz CT molecular complexity index is 279. The summed E-state index contributed by atoms with van der Waals surface area (Å²) in [6.45, 7) is 3.40. The molecule has 1 heterocycles. The van der Waals surface area contributed by atoms with E-state index in [4.69, 9.17) is 0 Å². The molecule has 1 saturated heterocycles. The first kappa shape index (κ1) is 14.0. The highest BCUT2D eigenvalue weighted by atomic mass is 16.2. The van der Waals surface area contributed by atoms with Crippen LogP contribution in [0, 0.1) is 5.92 Å². The third kappa shape index (κ3) is 4.34. The van der Waals surface area contributed by atoms with Crippen LogP contribution >= 0.6 is 0 Å². The minimum absolute atomic E-state index is 0.0174. The summed E-state index contributed by atoms with van der Waals surface area (Å²) in [4.78, 5) is 24.7. The quantitative estimate of drug-likeness (QED) is 0.726. The van der Waals surface area contributed by atoms with Crippen LogP contribution in [-0.4, -0.2) is 49.9 Å². The maximum absolute atomic E-state index is 11.9.